The lowest BCUT2D eigenvalue weighted by molar-refractivity contribution is -0.00524. The molecule has 3 nitrogen and oxygen atoms in total. The molecule has 0 atom stereocenters. The van der Waals surface area contributed by atoms with Crippen LogP contribution in [0.25, 0.3) is 0 Å². The highest BCUT2D eigenvalue weighted by Crippen LogP contribution is 2.20. The molecule has 2 aromatic rings. The van der Waals surface area contributed by atoms with Crippen LogP contribution >= 0.6 is 11.6 Å². The second kappa shape index (κ2) is 7.86. The van der Waals surface area contributed by atoms with Gasteiger partial charge >= 0.3 is 0 Å². The van der Waals surface area contributed by atoms with E-state index in [0.29, 0.717) is 6.61 Å². The Hall–Kier alpha value is -1.49. The predicted molar refractivity (Wildman–Crippen MR) is 88.7 cm³/mol. The first-order chi connectivity index (χ1) is 11.2. The molecule has 1 aliphatic heterocycles. The van der Waals surface area contributed by atoms with Gasteiger partial charge in [0, 0.05) is 25.8 Å². The minimum absolute atomic E-state index is 0.176. The van der Waals surface area contributed by atoms with Crippen molar-refractivity contribution in [2.24, 2.45) is 0 Å². The lowest BCUT2D eigenvalue weighted by atomic mass is 10.1. The van der Waals surface area contributed by atoms with E-state index in [1.807, 2.05) is 24.3 Å². The fraction of sp³-hybridized carbons (Fsp3) is 0.389. The first-order valence-corrected chi connectivity index (χ1v) is 8.26. The summed E-state index contributed by atoms with van der Waals surface area (Å²) in [7, 11) is 0. The quantitative estimate of drug-likeness (QED) is 0.824. The minimum atomic E-state index is -0.349. The molecule has 0 amide bonds. The zero-order valence-corrected chi connectivity index (χ0v) is 13.7. The van der Waals surface area contributed by atoms with Gasteiger partial charge < -0.3 is 4.74 Å². The highest BCUT2D eigenvalue weighted by molar-refractivity contribution is 6.30. The van der Waals surface area contributed by atoms with Gasteiger partial charge in [-0.2, -0.15) is 0 Å². The maximum atomic E-state index is 13.5. The van der Waals surface area contributed by atoms with E-state index >= 15 is 0 Å². The van der Waals surface area contributed by atoms with E-state index in [1.54, 1.807) is 12.3 Å². The molecule has 2 heterocycles. The number of aromatic nitrogens is 1. The molecule has 0 N–H and O–H groups in total. The van der Waals surface area contributed by atoms with Crippen LogP contribution in [0.2, 0.25) is 5.02 Å². The minimum Gasteiger partial charge on any atom is -0.372 e. The largest absolute Gasteiger partial charge is 0.372 e. The number of piperidine rings is 1. The van der Waals surface area contributed by atoms with Crippen LogP contribution in [-0.2, 0) is 17.9 Å². The topological polar surface area (TPSA) is 25.4 Å². The molecule has 0 saturated carbocycles. The molecule has 0 aliphatic carbocycles. The molecule has 0 spiro atoms. The lowest BCUT2D eigenvalue weighted by Crippen LogP contribution is -2.36. The molecule has 0 radical (unpaired) electrons. The molecular formula is C18H20ClFN2O. The molecule has 122 valence electrons. The smallest absolute Gasteiger partial charge is 0.142 e. The van der Waals surface area contributed by atoms with Crippen molar-refractivity contribution >= 4 is 11.6 Å². The fourth-order valence-corrected chi connectivity index (χ4v) is 2.93. The van der Waals surface area contributed by atoms with Crippen LogP contribution in [0.4, 0.5) is 4.39 Å². The second-order valence-corrected chi connectivity index (χ2v) is 6.26. The van der Waals surface area contributed by atoms with E-state index in [9.17, 15) is 4.39 Å². The monoisotopic (exact) mass is 334 g/mol. The Morgan fingerprint density at radius 3 is 2.74 bits per heavy atom. The van der Waals surface area contributed by atoms with E-state index in [-0.39, 0.29) is 16.9 Å². The van der Waals surface area contributed by atoms with Crippen LogP contribution < -0.4 is 0 Å². The van der Waals surface area contributed by atoms with Crippen molar-refractivity contribution in [3.05, 3.63) is 64.7 Å². The number of ether oxygens (including phenoxy) is 1. The van der Waals surface area contributed by atoms with E-state index in [4.69, 9.17) is 16.3 Å². The summed E-state index contributed by atoms with van der Waals surface area (Å²) in [5.41, 5.74) is 1.92. The third kappa shape index (κ3) is 4.74. The number of likely N-dealkylation sites (tertiary alicyclic amines) is 1. The Balaban J connectivity index is 1.44. The van der Waals surface area contributed by atoms with Gasteiger partial charge in [0.2, 0.25) is 0 Å². The van der Waals surface area contributed by atoms with E-state index < -0.39 is 0 Å². The standard InChI is InChI=1S/C18H20ClFN2O/c19-17-5-4-14(11-18(17)20)12-22-9-6-16(7-10-22)23-13-15-3-1-2-8-21-15/h1-5,8,11,16H,6-7,9-10,12-13H2. The van der Waals surface area contributed by atoms with Gasteiger partial charge in [-0.1, -0.05) is 23.7 Å². The third-order valence-electron chi connectivity index (χ3n) is 4.12. The Kier molecular flexibility index (Phi) is 5.60. The summed E-state index contributed by atoms with van der Waals surface area (Å²) in [6.07, 6.45) is 4.04. The molecule has 1 fully saturated rings. The van der Waals surface area contributed by atoms with E-state index in [2.05, 4.69) is 9.88 Å². The van der Waals surface area contributed by atoms with Gasteiger partial charge in [-0.3, -0.25) is 9.88 Å². The summed E-state index contributed by atoms with van der Waals surface area (Å²) in [6.45, 7) is 3.23. The van der Waals surface area contributed by atoms with Crippen LogP contribution in [0.3, 0.4) is 0 Å². The zero-order chi connectivity index (χ0) is 16.1. The molecule has 1 saturated heterocycles. The molecular weight excluding hydrogens is 315 g/mol. The first kappa shape index (κ1) is 16.4. The van der Waals surface area contributed by atoms with Crippen LogP contribution in [-0.4, -0.2) is 29.1 Å². The zero-order valence-electron chi connectivity index (χ0n) is 12.9. The van der Waals surface area contributed by atoms with Crippen LogP contribution in [0.1, 0.15) is 24.1 Å². The molecule has 1 aliphatic rings. The average molecular weight is 335 g/mol. The number of hydrogen-bond acceptors (Lipinski definition) is 3. The predicted octanol–water partition coefficient (Wildman–Crippen LogP) is 4.06. The number of hydrogen-bond donors (Lipinski definition) is 0. The Bertz CT molecular complexity index is 630. The molecule has 5 heteroatoms. The van der Waals surface area contributed by atoms with Crippen molar-refractivity contribution in [1.82, 2.24) is 9.88 Å². The van der Waals surface area contributed by atoms with Crippen molar-refractivity contribution in [2.75, 3.05) is 13.1 Å². The second-order valence-electron chi connectivity index (χ2n) is 5.86. The van der Waals surface area contributed by atoms with Gasteiger partial charge in [0.1, 0.15) is 5.82 Å². The molecule has 1 aromatic heterocycles. The molecule has 3 rings (SSSR count). The summed E-state index contributed by atoms with van der Waals surface area (Å²) >= 11 is 5.72. The molecule has 1 aromatic carbocycles. The Morgan fingerprint density at radius 2 is 2.04 bits per heavy atom. The maximum Gasteiger partial charge on any atom is 0.142 e. The Morgan fingerprint density at radius 1 is 1.22 bits per heavy atom. The summed E-state index contributed by atoms with van der Waals surface area (Å²) in [4.78, 5) is 6.59. The van der Waals surface area contributed by atoms with Gasteiger partial charge in [-0.25, -0.2) is 4.39 Å². The third-order valence-corrected chi connectivity index (χ3v) is 4.42. The van der Waals surface area contributed by atoms with Crippen molar-refractivity contribution in [1.29, 1.82) is 0 Å². The summed E-state index contributed by atoms with van der Waals surface area (Å²) < 4.78 is 19.4. The summed E-state index contributed by atoms with van der Waals surface area (Å²) in [5, 5.41) is 0.176. The first-order valence-electron chi connectivity index (χ1n) is 7.88. The molecule has 0 bridgehead atoms. The van der Waals surface area contributed by atoms with E-state index in [0.717, 1.165) is 43.7 Å². The van der Waals surface area contributed by atoms with Crippen LogP contribution in [0, 0.1) is 5.82 Å². The van der Waals surface area contributed by atoms with Crippen LogP contribution in [0.5, 0.6) is 0 Å². The van der Waals surface area contributed by atoms with Crippen molar-refractivity contribution < 1.29 is 9.13 Å². The van der Waals surface area contributed by atoms with Gasteiger partial charge in [-0.05, 0) is 42.7 Å². The summed E-state index contributed by atoms with van der Waals surface area (Å²) in [5.74, 6) is -0.349. The van der Waals surface area contributed by atoms with Gasteiger partial charge in [0.15, 0.2) is 0 Å². The number of rotatable bonds is 5. The van der Waals surface area contributed by atoms with Gasteiger partial charge in [0.05, 0.1) is 23.4 Å². The highest BCUT2D eigenvalue weighted by Gasteiger charge is 2.20. The van der Waals surface area contributed by atoms with Crippen LogP contribution in [0.15, 0.2) is 42.6 Å². The normalized spacial score (nSPS) is 16.6. The Labute approximate surface area is 141 Å². The number of nitrogens with zero attached hydrogens (tertiary/aromatic N) is 2. The average Bonchev–Trinajstić information content (AvgIpc) is 2.58. The molecule has 0 unspecified atom stereocenters. The maximum absolute atomic E-state index is 13.5. The molecule has 23 heavy (non-hydrogen) atoms. The number of pyridine rings is 1. The lowest BCUT2D eigenvalue weighted by Gasteiger charge is -2.31. The van der Waals surface area contributed by atoms with Gasteiger partial charge in [0.25, 0.3) is 0 Å². The highest BCUT2D eigenvalue weighted by atomic mass is 35.5. The summed E-state index contributed by atoms with van der Waals surface area (Å²) in [6, 6.07) is 10.9. The van der Waals surface area contributed by atoms with E-state index in [1.165, 1.54) is 6.07 Å². The van der Waals surface area contributed by atoms with Gasteiger partial charge in [-0.15, -0.1) is 0 Å². The SMILES string of the molecule is Fc1cc(CN2CCC(OCc3ccccn3)CC2)ccc1Cl. The fourth-order valence-electron chi connectivity index (χ4n) is 2.82. The van der Waals surface area contributed by atoms with Crippen molar-refractivity contribution in [2.45, 2.75) is 32.1 Å². The number of halogens is 2. The number of benzene rings is 1. The van der Waals surface area contributed by atoms with Crippen molar-refractivity contribution in [3.8, 4) is 0 Å². The van der Waals surface area contributed by atoms with Crippen molar-refractivity contribution in [3.63, 3.8) is 0 Å².